The number of rotatable bonds is 10. The average Bonchev–Trinajstić information content (AvgIpc) is 3.09. The molecule has 0 amide bonds. The largest absolute Gasteiger partial charge is 0.461 e. The number of hydrogen-bond acceptors (Lipinski definition) is 10. The number of para-hydroxylation sites is 1. The molecule has 40 heavy (non-hydrogen) atoms. The first-order chi connectivity index (χ1) is 18.8. The number of alkyl halides is 2. The quantitative estimate of drug-likeness (QED) is 0.277. The van der Waals surface area contributed by atoms with Gasteiger partial charge in [-0.1, -0.05) is 24.6 Å². The number of aromatic nitrogens is 2. The molecule has 0 bridgehead atoms. The molecule has 1 aromatic carbocycles. The average molecular weight is 587 g/mol. The van der Waals surface area contributed by atoms with Crippen molar-refractivity contribution in [1.29, 1.82) is 0 Å². The van der Waals surface area contributed by atoms with Crippen LogP contribution in [0.4, 0.5) is 14.6 Å². The summed E-state index contributed by atoms with van der Waals surface area (Å²) in [6.07, 6.45) is 0.622. The van der Waals surface area contributed by atoms with E-state index in [0.29, 0.717) is 17.4 Å². The van der Waals surface area contributed by atoms with Crippen molar-refractivity contribution in [2.24, 2.45) is 0 Å². The molecule has 2 aliphatic rings. The number of anilines is 1. The normalized spacial score (nSPS) is 29.4. The highest BCUT2D eigenvalue weighted by Crippen LogP contribution is 2.51. The number of ether oxygens (including phenoxy) is 2. The van der Waals surface area contributed by atoms with Gasteiger partial charge in [-0.3, -0.25) is 13.9 Å². The highest BCUT2D eigenvalue weighted by atomic mass is 31.2. The lowest BCUT2D eigenvalue weighted by Crippen LogP contribution is -2.47. The van der Waals surface area contributed by atoms with Gasteiger partial charge in [0.15, 0.2) is 18.0 Å². The third kappa shape index (κ3) is 6.69. The maximum Gasteiger partial charge on any atom is 0.459 e. The van der Waals surface area contributed by atoms with Gasteiger partial charge in [0.1, 0.15) is 30.3 Å². The summed E-state index contributed by atoms with van der Waals surface area (Å²) < 4.78 is 67.3. The minimum absolute atomic E-state index is 0.0553. The zero-order valence-corrected chi connectivity index (χ0v) is 23.0. The molecule has 0 radical (unpaired) electrons. The second-order valence-corrected chi connectivity index (χ2v) is 11.8. The lowest BCUT2D eigenvalue weighted by atomic mass is 9.97. The monoisotopic (exact) mass is 586 g/mol. The number of carbonyl (C=O) groups excluding carboxylic acids is 1. The molecule has 2 aromatic rings. The highest BCUT2D eigenvalue weighted by Gasteiger charge is 2.65. The topological polar surface area (TPSA) is 164 Å². The molecule has 2 fully saturated rings. The molecule has 15 heteroatoms. The van der Waals surface area contributed by atoms with Crippen molar-refractivity contribution in [3.8, 4) is 5.75 Å². The van der Waals surface area contributed by atoms with Gasteiger partial charge in [0, 0.05) is 6.20 Å². The van der Waals surface area contributed by atoms with Gasteiger partial charge >= 0.3 is 19.4 Å². The van der Waals surface area contributed by atoms with Gasteiger partial charge in [-0.15, -0.1) is 0 Å². The van der Waals surface area contributed by atoms with Gasteiger partial charge in [-0.2, -0.15) is 10.1 Å². The Balaban J connectivity index is 1.52. The molecule has 1 saturated heterocycles. The van der Waals surface area contributed by atoms with Gasteiger partial charge in [0.25, 0.3) is 5.85 Å². The number of carbonyl (C=O) groups is 1. The molecule has 12 nitrogen and oxygen atoms in total. The predicted octanol–water partition coefficient (Wildman–Crippen LogP) is 3.17. The maximum atomic E-state index is 15.9. The number of nitrogen functional groups attached to an aromatic ring is 1. The van der Waals surface area contributed by atoms with Crippen LogP contribution < -0.4 is 21.0 Å². The van der Waals surface area contributed by atoms with Gasteiger partial charge in [0.2, 0.25) is 0 Å². The van der Waals surface area contributed by atoms with Crippen LogP contribution in [-0.4, -0.2) is 57.0 Å². The van der Waals surface area contributed by atoms with E-state index in [1.165, 1.54) is 25.1 Å². The fourth-order valence-electron chi connectivity index (χ4n) is 4.59. The molecule has 6 atom stereocenters. The summed E-state index contributed by atoms with van der Waals surface area (Å²) >= 11 is 0. The third-order valence-electron chi connectivity index (χ3n) is 6.78. The highest BCUT2D eigenvalue weighted by molar-refractivity contribution is 7.52. The second kappa shape index (κ2) is 11.9. The molecule has 1 saturated carbocycles. The first-order valence-electron chi connectivity index (χ1n) is 12.9. The summed E-state index contributed by atoms with van der Waals surface area (Å²) in [5, 5.41) is 13.0. The van der Waals surface area contributed by atoms with Crippen molar-refractivity contribution in [2.45, 2.75) is 82.0 Å². The Labute approximate surface area is 229 Å². The van der Waals surface area contributed by atoms with Crippen LogP contribution in [0.5, 0.6) is 5.75 Å². The Morgan fingerprint density at radius 3 is 2.60 bits per heavy atom. The summed E-state index contributed by atoms with van der Waals surface area (Å²) in [6.45, 7) is 0.897. The lowest BCUT2D eigenvalue weighted by molar-refractivity contribution is -0.204. The van der Waals surface area contributed by atoms with E-state index in [0.717, 1.165) is 32.4 Å². The van der Waals surface area contributed by atoms with Gasteiger partial charge in [-0.05, 0) is 57.7 Å². The standard InChI is InChI=1S/C25H33F2N4O8P/c1-16(20(32)37-17-9-5-3-6-10-17)30-40(35,39-18-11-7-4-8-12-18)36-15-25(27)21(33)24(2,26)22(38-25)31-14-13-19(28)29-23(31)34/h4,7-8,11-14,16-17,21-22,33H,3,5-6,9-10,15H2,1-2H3,(H,30,35)(H2,28,29,34)/t16-,21-,22+,24+,25+,40+/m0/s1. The van der Waals surface area contributed by atoms with Gasteiger partial charge in [0.05, 0.1) is 0 Å². The van der Waals surface area contributed by atoms with Crippen molar-refractivity contribution >= 4 is 19.5 Å². The molecule has 1 aliphatic carbocycles. The number of nitrogens with zero attached hydrogens (tertiary/aromatic N) is 2. The van der Waals surface area contributed by atoms with E-state index in [1.54, 1.807) is 18.2 Å². The summed E-state index contributed by atoms with van der Waals surface area (Å²) in [4.78, 5) is 28.4. The first kappa shape index (κ1) is 30.1. The number of hydrogen-bond donors (Lipinski definition) is 3. The fourth-order valence-corrected chi connectivity index (χ4v) is 6.10. The first-order valence-corrected chi connectivity index (χ1v) is 14.4. The Kier molecular flexibility index (Phi) is 8.96. The van der Waals surface area contributed by atoms with Crippen molar-refractivity contribution in [2.75, 3.05) is 12.3 Å². The van der Waals surface area contributed by atoms with E-state index in [1.807, 2.05) is 0 Å². The van der Waals surface area contributed by atoms with Crippen molar-refractivity contribution < 1.29 is 41.8 Å². The smallest absolute Gasteiger partial charge is 0.459 e. The molecular formula is C25H33F2N4O8P. The van der Waals surface area contributed by atoms with Gasteiger partial charge < -0.3 is 24.8 Å². The number of esters is 1. The SMILES string of the molecule is C[C@H](N[P@@](=O)(OC[C@@]1(F)O[C@@H](n2ccc(N)nc2=O)[C@](C)(F)[C@@H]1O)Oc1ccccc1)C(=O)OC1CCCCC1. The molecule has 1 aromatic heterocycles. The predicted molar refractivity (Wildman–Crippen MR) is 139 cm³/mol. The van der Waals surface area contributed by atoms with E-state index >= 15 is 8.78 Å². The zero-order chi connectivity index (χ0) is 29.1. The van der Waals surface area contributed by atoms with E-state index in [9.17, 15) is 19.3 Å². The van der Waals surface area contributed by atoms with Crippen molar-refractivity contribution in [1.82, 2.24) is 14.6 Å². The van der Waals surface area contributed by atoms with Crippen LogP contribution in [0.1, 0.15) is 52.2 Å². The summed E-state index contributed by atoms with van der Waals surface area (Å²) in [5.74, 6) is -4.11. The molecule has 4 rings (SSSR count). The molecule has 1 aliphatic heterocycles. The minimum atomic E-state index is -4.58. The Hall–Kier alpha value is -2.90. The molecule has 4 N–H and O–H groups in total. The van der Waals surface area contributed by atoms with Crippen LogP contribution in [0.15, 0.2) is 47.4 Å². The molecular weight excluding hydrogens is 553 g/mol. The van der Waals surface area contributed by atoms with Crippen LogP contribution in [0.3, 0.4) is 0 Å². The third-order valence-corrected chi connectivity index (χ3v) is 8.40. The van der Waals surface area contributed by atoms with E-state index in [4.69, 9.17) is 24.3 Å². The number of nitrogens with two attached hydrogens (primary N) is 1. The van der Waals surface area contributed by atoms with Crippen LogP contribution >= 0.6 is 7.75 Å². The molecule has 0 spiro atoms. The van der Waals surface area contributed by atoms with Gasteiger partial charge in [-0.25, -0.2) is 18.1 Å². The Bertz CT molecular complexity index is 1290. The molecule has 2 heterocycles. The number of aliphatic hydroxyl groups is 1. The maximum absolute atomic E-state index is 15.9. The molecule has 220 valence electrons. The van der Waals surface area contributed by atoms with Crippen LogP contribution in [0.25, 0.3) is 0 Å². The lowest BCUT2D eigenvalue weighted by Gasteiger charge is -2.28. The van der Waals surface area contributed by atoms with E-state index < -0.39 is 55.9 Å². The summed E-state index contributed by atoms with van der Waals surface area (Å²) in [7, 11) is -4.58. The number of aliphatic hydroxyl groups excluding tert-OH is 1. The Morgan fingerprint density at radius 2 is 1.95 bits per heavy atom. The fraction of sp³-hybridized carbons (Fsp3) is 0.560. The summed E-state index contributed by atoms with van der Waals surface area (Å²) in [5.41, 5.74) is 1.56. The van der Waals surface area contributed by atoms with E-state index in [2.05, 4.69) is 10.1 Å². The Morgan fingerprint density at radius 1 is 1.27 bits per heavy atom. The second-order valence-electron chi connectivity index (χ2n) is 10.1. The van der Waals surface area contributed by atoms with Crippen LogP contribution in [0, 0.1) is 0 Å². The molecule has 0 unspecified atom stereocenters. The number of benzene rings is 1. The van der Waals surface area contributed by atoms with E-state index in [-0.39, 0.29) is 17.7 Å². The number of nitrogens with one attached hydrogen (secondary N) is 1. The van der Waals surface area contributed by atoms with Crippen LogP contribution in [0.2, 0.25) is 0 Å². The number of halogens is 2. The zero-order valence-electron chi connectivity index (χ0n) is 22.1. The summed E-state index contributed by atoms with van der Waals surface area (Å²) in [6, 6.07) is 7.69. The van der Waals surface area contributed by atoms with Crippen LogP contribution in [-0.2, 0) is 23.4 Å². The minimum Gasteiger partial charge on any atom is -0.461 e. The van der Waals surface area contributed by atoms with Crippen molar-refractivity contribution in [3.05, 3.63) is 53.1 Å². The van der Waals surface area contributed by atoms with Crippen molar-refractivity contribution in [3.63, 3.8) is 0 Å².